The molecule has 0 aliphatic carbocycles. The van der Waals surface area contributed by atoms with Gasteiger partial charge in [0, 0.05) is 36.8 Å². The molecule has 0 saturated carbocycles. The Balaban J connectivity index is 2.22. The lowest BCUT2D eigenvalue weighted by molar-refractivity contribution is -0.292. The molecule has 3 heterocycles. The number of hydrogen-bond donors (Lipinski definition) is 0. The van der Waals surface area contributed by atoms with Crippen molar-refractivity contribution in [2.75, 3.05) is 21.2 Å². The summed E-state index contributed by atoms with van der Waals surface area (Å²) in [7, 11) is 3.21. The van der Waals surface area contributed by atoms with Crippen LogP contribution in [-0.2, 0) is 47.3 Å². The second-order valence-electron chi connectivity index (χ2n) is 16.7. The Labute approximate surface area is 312 Å². The zero-order valence-corrected chi connectivity index (χ0v) is 35.5. The maximum absolute atomic E-state index is 16.9. The summed E-state index contributed by atoms with van der Waals surface area (Å²) in [5.41, 5.74) is -5.88. The van der Waals surface area contributed by atoms with Gasteiger partial charge >= 0.3 is 11.9 Å². The first-order valence-electron chi connectivity index (χ1n) is 19.5. The van der Waals surface area contributed by atoms with Crippen LogP contribution in [0.15, 0.2) is 0 Å². The van der Waals surface area contributed by atoms with Gasteiger partial charge in [0.25, 0.3) is 5.67 Å². The van der Waals surface area contributed by atoms with Crippen molar-refractivity contribution in [3.05, 3.63) is 0 Å². The second kappa shape index (κ2) is 16.9. The van der Waals surface area contributed by atoms with Crippen LogP contribution in [0.3, 0.4) is 0 Å². The molecule has 52 heavy (non-hydrogen) atoms. The fourth-order valence-electron chi connectivity index (χ4n) is 9.38. The summed E-state index contributed by atoms with van der Waals surface area (Å²) < 4.78 is 55.3. The van der Waals surface area contributed by atoms with Gasteiger partial charge in [-0.2, -0.15) is 0 Å². The lowest BCUT2D eigenvalue weighted by Crippen LogP contribution is -2.62. The summed E-state index contributed by atoms with van der Waals surface area (Å²) in [6, 6.07) is 2.58. The van der Waals surface area contributed by atoms with Crippen LogP contribution < -0.4 is 0 Å². The third kappa shape index (κ3) is 8.39. The molecule has 0 bridgehead atoms. The number of fused-ring (bicyclic) bond motifs is 1. The molecular formula is C39H68FNO10Si. The Kier molecular flexibility index (Phi) is 14.5. The summed E-state index contributed by atoms with van der Waals surface area (Å²) in [5.74, 6) is -7.13. The highest BCUT2D eigenvalue weighted by Gasteiger charge is 2.61. The van der Waals surface area contributed by atoms with Crippen LogP contribution >= 0.6 is 0 Å². The van der Waals surface area contributed by atoms with Gasteiger partial charge in [-0.05, 0) is 79.2 Å². The van der Waals surface area contributed by atoms with E-state index in [2.05, 4.69) is 25.7 Å². The van der Waals surface area contributed by atoms with E-state index in [0.717, 1.165) is 25.1 Å². The molecule has 0 aromatic heterocycles. The number of carbonyl (C=O) groups is 4. The molecule has 0 N–H and O–H groups in total. The molecule has 3 fully saturated rings. The molecule has 0 amide bonds. The quantitative estimate of drug-likeness (QED) is 0.142. The largest absolute Gasteiger partial charge is 0.455 e. The van der Waals surface area contributed by atoms with E-state index in [1.54, 1.807) is 41.5 Å². The minimum absolute atomic E-state index is 0.0920. The van der Waals surface area contributed by atoms with E-state index in [1.807, 2.05) is 21.0 Å². The van der Waals surface area contributed by atoms with E-state index in [-0.39, 0.29) is 30.8 Å². The third-order valence-corrected chi connectivity index (χ3v) is 17.6. The number of cyclic esters (lactones) is 1. The standard InChI is InChI=1S/C39H68FNO10Si/c1-16-28-39(12)29(25(8)34(44)50-39)24(7)30(42)22(5)21-37(10,46-15)33(26(9)32(43)38(11,40)36(45)48-28)49-35-31(51-52(17-2,18-3)19-4)27(41(13)14)20-23(6)47-35/h22-29,31,33,35H,16-21H2,1-15H3/t22-,23-,24-,25+,26+,27+,28+,29+,31-,33-,35?,37-,38+,39+/m1/s1. The first kappa shape index (κ1) is 44.6. The maximum atomic E-state index is 16.9. The van der Waals surface area contributed by atoms with Gasteiger partial charge < -0.3 is 33.0 Å². The number of halogens is 1. The van der Waals surface area contributed by atoms with Crippen LogP contribution in [0.5, 0.6) is 0 Å². The van der Waals surface area contributed by atoms with Crippen LogP contribution in [-0.4, -0.2) is 112 Å². The van der Waals surface area contributed by atoms with Gasteiger partial charge in [0.1, 0.15) is 18.0 Å². The highest BCUT2D eigenvalue weighted by atomic mass is 28.4. The van der Waals surface area contributed by atoms with Crippen LogP contribution in [0, 0.1) is 29.6 Å². The monoisotopic (exact) mass is 757 g/mol. The highest BCUT2D eigenvalue weighted by Crippen LogP contribution is 2.48. The fourth-order valence-corrected chi connectivity index (χ4v) is 12.2. The first-order valence-corrected chi connectivity index (χ1v) is 22.0. The molecule has 3 aliphatic heterocycles. The molecule has 1 unspecified atom stereocenters. The van der Waals surface area contributed by atoms with E-state index in [9.17, 15) is 19.2 Å². The number of esters is 2. The lowest BCUT2D eigenvalue weighted by atomic mass is 9.67. The van der Waals surface area contributed by atoms with Crippen LogP contribution in [0.25, 0.3) is 0 Å². The predicted molar refractivity (Wildman–Crippen MR) is 198 cm³/mol. The van der Waals surface area contributed by atoms with Crippen molar-refractivity contribution in [2.24, 2.45) is 29.6 Å². The molecule has 3 rings (SSSR count). The van der Waals surface area contributed by atoms with Crippen LogP contribution in [0.4, 0.5) is 4.39 Å². The molecule has 0 aromatic carbocycles. The van der Waals surface area contributed by atoms with Crippen molar-refractivity contribution in [1.29, 1.82) is 0 Å². The molecular weight excluding hydrogens is 690 g/mol. The molecule has 300 valence electrons. The van der Waals surface area contributed by atoms with Gasteiger partial charge in [0.15, 0.2) is 26.0 Å². The number of hydrogen-bond acceptors (Lipinski definition) is 11. The smallest absolute Gasteiger partial charge is 0.351 e. The van der Waals surface area contributed by atoms with Crippen molar-refractivity contribution in [1.82, 2.24) is 4.90 Å². The first-order chi connectivity index (χ1) is 24.0. The van der Waals surface area contributed by atoms with E-state index in [1.165, 1.54) is 14.0 Å². The number of ether oxygens (including phenoxy) is 5. The SMILES string of the molecule is CC[C@@H]1OC(=O)[C@@](C)(F)C(=O)[C@H](C)[C@@H](OC2O[C@H](C)C[C@H](N(C)C)[C@H]2O[Si](CC)(CC)CC)[C@](C)(OC)C[C@@H](C)C(=O)[C@H](C)[C@H]2[C@H](C)C(=O)O[C@]21C. The van der Waals surface area contributed by atoms with Gasteiger partial charge in [-0.25, -0.2) is 9.18 Å². The van der Waals surface area contributed by atoms with E-state index >= 15 is 4.39 Å². The topological polar surface area (TPSA) is 127 Å². The second-order valence-corrected chi connectivity index (χ2v) is 21.4. The van der Waals surface area contributed by atoms with Crippen molar-refractivity contribution in [3.8, 4) is 0 Å². The number of alkyl halides is 1. The van der Waals surface area contributed by atoms with Crippen LogP contribution in [0.1, 0.15) is 102 Å². The van der Waals surface area contributed by atoms with E-state index in [4.69, 9.17) is 28.1 Å². The number of rotatable bonds is 10. The number of carbonyl (C=O) groups excluding carboxylic acids is 4. The van der Waals surface area contributed by atoms with Crippen molar-refractivity contribution in [3.63, 3.8) is 0 Å². The Morgan fingerprint density at radius 3 is 1.98 bits per heavy atom. The van der Waals surface area contributed by atoms with Gasteiger partial charge in [0.05, 0.1) is 23.7 Å². The number of likely N-dealkylation sites (N-methyl/N-ethyl adjacent to an activating group) is 1. The number of methoxy groups -OCH3 is 1. The minimum atomic E-state index is -3.10. The number of ketones is 2. The average molecular weight is 758 g/mol. The van der Waals surface area contributed by atoms with Gasteiger partial charge in [-0.1, -0.05) is 55.4 Å². The normalized spacial score (nSPS) is 42.8. The van der Waals surface area contributed by atoms with Crippen LogP contribution in [0.2, 0.25) is 18.1 Å². The number of nitrogens with zero attached hydrogens (tertiary/aromatic N) is 1. The Morgan fingerprint density at radius 1 is 0.904 bits per heavy atom. The molecule has 13 heteroatoms. The Hall–Kier alpha value is -1.77. The van der Waals surface area contributed by atoms with E-state index < -0.39 is 97.1 Å². The summed E-state index contributed by atoms with van der Waals surface area (Å²) in [5, 5.41) is 0. The zero-order valence-electron chi connectivity index (χ0n) is 34.5. The summed E-state index contributed by atoms with van der Waals surface area (Å²) in [6.07, 6.45) is -3.12. The zero-order chi connectivity index (χ0) is 39.7. The summed E-state index contributed by atoms with van der Waals surface area (Å²) >= 11 is 0. The minimum Gasteiger partial charge on any atom is -0.455 e. The fraction of sp³-hybridized carbons (Fsp3) is 0.897. The molecule has 14 atom stereocenters. The van der Waals surface area contributed by atoms with Crippen molar-refractivity contribution >= 4 is 31.8 Å². The molecule has 3 saturated heterocycles. The molecule has 0 aromatic rings. The molecule has 0 spiro atoms. The van der Waals surface area contributed by atoms with E-state index in [0.29, 0.717) is 6.42 Å². The van der Waals surface area contributed by atoms with Crippen molar-refractivity contribution < 1.29 is 51.7 Å². The highest BCUT2D eigenvalue weighted by molar-refractivity contribution is 6.73. The lowest BCUT2D eigenvalue weighted by Gasteiger charge is -2.50. The van der Waals surface area contributed by atoms with Gasteiger partial charge in [-0.15, -0.1) is 0 Å². The third-order valence-electron chi connectivity index (χ3n) is 13.0. The molecule has 0 radical (unpaired) electrons. The number of Topliss-reactive ketones (excluding diaryl/α,β-unsaturated/α-hetero) is 2. The summed E-state index contributed by atoms with van der Waals surface area (Å²) in [4.78, 5) is 57.7. The maximum Gasteiger partial charge on any atom is 0.351 e. The predicted octanol–water partition coefficient (Wildman–Crippen LogP) is 6.30. The molecule has 3 aliphatic rings. The van der Waals surface area contributed by atoms with Gasteiger partial charge in [-0.3, -0.25) is 14.4 Å². The average Bonchev–Trinajstić information content (AvgIpc) is 3.33. The summed E-state index contributed by atoms with van der Waals surface area (Å²) in [6.45, 7) is 21.1. The molecule has 11 nitrogen and oxygen atoms in total. The van der Waals surface area contributed by atoms with Gasteiger partial charge in [0.2, 0.25) is 0 Å². The Bertz CT molecular complexity index is 1290. The Morgan fingerprint density at radius 2 is 1.48 bits per heavy atom. The van der Waals surface area contributed by atoms with Crippen molar-refractivity contribution in [2.45, 2.75) is 174 Å².